The number of halogens is 5. The minimum atomic E-state index is -3.67. The van der Waals surface area contributed by atoms with Crippen molar-refractivity contribution in [1.82, 2.24) is 40.3 Å². The summed E-state index contributed by atoms with van der Waals surface area (Å²) in [6.07, 6.45) is 6.60. The van der Waals surface area contributed by atoms with Gasteiger partial charge in [-0.3, -0.25) is 14.3 Å². The van der Waals surface area contributed by atoms with E-state index < -0.39 is 18.6 Å². The summed E-state index contributed by atoms with van der Waals surface area (Å²) >= 11 is 0. The van der Waals surface area contributed by atoms with Crippen molar-refractivity contribution < 1.29 is 31.5 Å². The Morgan fingerprint density at radius 1 is 1.18 bits per heavy atom. The molecule has 10 nitrogen and oxygen atoms in total. The summed E-state index contributed by atoms with van der Waals surface area (Å²) in [5.74, 6) is -2.86. The summed E-state index contributed by atoms with van der Waals surface area (Å²) in [6.45, 7) is 6.28. The number of amides is 2. The second-order valence-corrected chi connectivity index (χ2v) is 10.5. The van der Waals surface area contributed by atoms with Crippen molar-refractivity contribution >= 4 is 17.5 Å². The Hall–Kier alpha value is -3.62. The van der Waals surface area contributed by atoms with Crippen molar-refractivity contribution in [2.75, 3.05) is 13.6 Å². The van der Waals surface area contributed by atoms with Crippen LogP contribution in [0, 0.1) is 12.8 Å². The first-order valence-electron chi connectivity index (χ1n) is 15.3. The number of carbonyl (C=O) groups is 2. The minimum absolute atomic E-state index is 0.139. The van der Waals surface area contributed by atoms with Gasteiger partial charge in [0.25, 0.3) is 5.91 Å². The number of fused-ring (bicyclic) bond motifs is 1. The normalized spacial score (nSPS) is 16.7. The van der Waals surface area contributed by atoms with E-state index >= 15 is 0 Å². The molecule has 3 N–H and O–H groups in total. The molecule has 0 aromatic carbocycles. The molecule has 5 rings (SSSR count). The fourth-order valence-electron chi connectivity index (χ4n) is 5.14. The average molecular weight is 645 g/mol. The highest BCUT2D eigenvalue weighted by molar-refractivity contribution is 5.92. The molecule has 0 radical (unpaired) electrons. The maximum atomic E-state index is 13.8. The number of aryl methyl sites for hydroxylation is 2. The minimum Gasteiger partial charge on any atom is -0.356 e. The van der Waals surface area contributed by atoms with Gasteiger partial charge in [-0.05, 0) is 70.2 Å². The molecule has 4 heterocycles. The SMILES string of the molecule is CC.CCn1nccc1C(=O)NC(c1cn2nc(C)c(CNC)cc2n1)C1CCC(F)(F)CC1.FC(F)F.O=C1CCCCN1. The van der Waals surface area contributed by atoms with Crippen LogP contribution >= 0.6 is 0 Å². The number of alkyl halides is 5. The first-order valence-corrected chi connectivity index (χ1v) is 15.3. The van der Waals surface area contributed by atoms with Crippen LogP contribution in [0.3, 0.4) is 0 Å². The van der Waals surface area contributed by atoms with Crippen LogP contribution in [0.2, 0.25) is 0 Å². The number of imidazole rings is 1. The van der Waals surface area contributed by atoms with Crippen LogP contribution in [-0.4, -0.2) is 62.4 Å². The molecule has 3 aromatic heterocycles. The number of hydrogen-bond acceptors (Lipinski definition) is 6. The van der Waals surface area contributed by atoms with E-state index in [0.29, 0.717) is 43.0 Å². The standard InChI is InChI=1S/C22H29F2N7O.C5H9NO.C2H6.CHF3/c1-4-30-18(7-10-26-30)21(32)28-20(15-5-8-22(23,24)9-6-15)17-13-31-19(27-17)11-16(12-25-3)14(2)29-31;7-5-3-1-2-4-6-5;1-2;2-1(3)4/h7,10-11,13,15,20,25H,4-6,8-9,12H2,1-3H3,(H,28,32);1-4H2,(H,6,7);1-2H3;1H. The van der Waals surface area contributed by atoms with Crippen LogP contribution in [0.1, 0.15) is 99.2 Å². The highest BCUT2D eigenvalue weighted by Crippen LogP contribution is 2.41. The van der Waals surface area contributed by atoms with E-state index in [9.17, 15) is 31.5 Å². The second-order valence-electron chi connectivity index (χ2n) is 10.5. The number of aromatic nitrogens is 5. The van der Waals surface area contributed by atoms with Gasteiger partial charge in [0.2, 0.25) is 11.8 Å². The Morgan fingerprint density at radius 2 is 1.84 bits per heavy atom. The lowest BCUT2D eigenvalue weighted by atomic mass is 9.81. The van der Waals surface area contributed by atoms with Crippen molar-refractivity contribution in [1.29, 1.82) is 0 Å². The molecule has 2 amide bonds. The zero-order valence-corrected chi connectivity index (χ0v) is 26.6. The molecule has 3 aromatic rings. The number of nitrogens with one attached hydrogen (secondary N) is 3. The van der Waals surface area contributed by atoms with Crippen LogP contribution in [0.25, 0.3) is 5.65 Å². The van der Waals surface area contributed by atoms with Gasteiger partial charge in [-0.2, -0.15) is 23.4 Å². The summed E-state index contributed by atoms with van der Waals surface area (Å²) in [5.41, 5.74) is 3.63. The molecule has 2 fully saturated rings. The number of rotatable bonds is 7. The van der Waals surface area contributed by atoms with Crippen molar-refractivity contribution in [2.24, 2.45) is 5.92 Å². The summed E-state index contributed by atoms with van der Waals surface area (Å²) < 4.78 is 59.9. The van der Waals surface area contributed by atoms with Crippen molar-refractivity contribution in [2.45, 2.75) is 104 Å². The summed E-state index contributed by atoms with van der Waals surface area (Å²) in [6, 6.07) is 3.12. The monoisotopic (exact) mass is 644 g/mol. The third-order valence-corrected chi connectivity index (χ3v) is 7.37. The van der Waals surface area contributed by atoms with Gasteiger partial charge in [0.1, 0.15) is 5.69 Å². The van der Waals surface area contributed by atoms with Gasteiger partial charge in [-0.1, -0.05) is 13.8 Å². The number of piperidine rings is 1. The molecule has 15 heteroatoms. The first kappa shape index (κ1) is 37.6. The van der Waals surface area contributed by atoms with E-state index in [-0.39, 0.29) is 30.6 Å². The van der Waals surface area contributed by atoms with Gasteiger partial charge in [-0.25, -0.2) is 18.3 Å². The Kier molecular flexibility index (Phi) is 15.3. The van der Waals surface area contributed by atoms with Crippen LogP contribution < -0.4 is 16.0 Å². The van der Waals surface area contributed by atoms with Gasteiger partial charge in [-0.15, -0.1) is 0 Å². The molecule has 252 valence electrons. The lowest BCUT2D eigenvalue weighted by Gasteiger charge is -2.33. The van der Waals surface area contributed by atoms with E-state index in [1.54, 1.807) is 27.7 Å². The Bertz CT molecular complexity index is 1330. The molecule has 2 aliphatic rings. The van der Waals surface area contributed by atoms with Gasteiger partial charge in [0.15, 0.2) is 5.65 Å². The third kappa shape index (κ3) is 11.7. The Morgan fingerprint density at radius 3 is 2.38 bits per heavy atom. The third-order valence-electron chi connectivity index (χ3n) is 7.37. The van der Waals surface area contributed by atoms with E-state index in [4.69, 9.17) is 4.98 Å². The maximum Gasteiger partial charge on any atom is 0.379 e. The van der Waals surface area contributed by atoms with E-state index in [1.165, 1.54) is 0 Å². The quantitative estimate of drug-likeness (QED) is 0.282. The average Bonchev–Trinajstić information content (AvgIpc) is 3.65. The molecule has 0 bridgehead atoms. The second kappa shape index (κ2) is 18.4. The molecule has 0 spiro atoms. The molecule has 1 aliphatic heterocycles. The molecule has 45 heavy (non-hydrogen) atoms. The summed E-state index contributed by atoms with van der Waals surface area (Å²) in [7, 11) is 1.87. The largest absolute Gasteiger partial charge is 0.379 e. The van der Waals surface area contributed by atoms with E-state index in [0.717, 1.165) is 37.1 Å². The molecular formula is C30H45F5N8O2. The maximum absolute atomic E-state index is 13.8. The lowest BCUT2D eigenvalue weighted by molar-refractivity contribution is -0.122. The predicted molar refractivity (Wildman–Crippen MR) is 161 cm³/mol. The van der Waals surface area contributed by atoms with Crippen LogP contribution in [-0.2, 0) is 17.9 Å². The zero-order valence-electron chi connectivity index (χ0n) is 26.6. The number of hydrogen-bond donors (Lipinski definition) is 3. The van der Waals surface area contributed by atoms with E-state index in [1.807, 2.05) is 40.8 Å². The van der Waals surface area contributed by atoms with Gasteiger partial charge in [0, 0.05) is 45.1 Å². The molecule has 1 saturated heterocycles. The number of nitrogens with zero attached hydrogens (tertiary/aromatic N) is 5. The van der Waals surface area contributed by atoms with Crippen molar-refractivity contribution in [3.63, 3.8) is 0 Å². The summed E-state index contributed by atoms with van der Waals surface area (Å²) in [4.78, 5) is 28.2. The number of carbonyl (C=O) groups excluding carboxylic acids is 2. The van der Waals surface area contributed by atoms with Crippen molar-refractivity contribution in [3.05, 3.63) is 47.2 Å². The molecule has 1 atom stereocenters. The zero-order chi connectivity index (χ0) is 33.6. The van der Waals surface area contributed by atoms with Gasteiger partial charge >= 0.3 is 6.68 Å². The first-order chi connectivity index (χ1) is 21.4. The van der Waals surface area contributed by atoms with Gasteiger partial charge < -0.3 is 16.0 Å². The van der Waals surface area contributed by atoms with Gasteiger partial charge in [0.05, 0.1) is 23.6 Å². The predicted octanol–water partition coefficient (Wildman–Crippen LogP) is 5.76. The fourth-order valence-corrected chi connectivity index (χ4v) is 5.14. The van der Waals surface area contributed by atoms with Crippen LogP contribution in [0.4, 0.5) is 22.0 Å². The van der Waals surface area contributed by atoms with E-state index in [2.05, 4.69) is 26.1 Å². The molecular weight excluding hydrogens is 599 g/mol. The Balaban J connectivity index is 0.000000456. The summed E-state index contributed by atoms with van der Waals surface area (Å²) in [5, 5.41) is 17.7. The molecule has 1 saturated carbocycles. The molecule has 1 aliphatic carbocycles. The smallest absolute Gasteiger partial charge is 0.356 e. The van der Waals surface area contributed by atoms with Crippen LogP contribution in [0.5, 0.6) is 0 Å². The Labute approximate surface area is 260 Å². The molecule has 1 unspecified atom stereocenters. The van der Waals surface area contributed by atoms with Crippen molar-refractivity contribution in [3.8, 4) is 0 Å². The fraction of sp³-hybridized carbons (Fsp3) is 0.633. The highest BCUT2D eigenvalue weighted by Gasteiger charge is 2.39. The lowest BCUT2D eigenvalue weighted by Crippen LogP contribution is -2.38. The topological polar surface area (TPSA) is 118 Å². The highest BCUT2D eigenvalue weighted by atomic mass is 19.4. The van der Waals surface area contributed by atoms with Crippen LogP contribution in [0.15, 0.2) is 24.5 Å².